The minimum absolute atomic E-state index is 0.0895. The van der Waals surface area contributed by atoms with Crippen molar-refractivity contribution in [3.05, 3.63) is 17.0 Å². The second-order valence-corrected chi connectivity index (χ2v) is 6.13. The van der Waals surface area contributed by atoms with Crippen LogP contribution in [-0.2, 0) is 4.79 Å². The minimum atomic E-state index is -0.245. The number of nitrogens with one attached hydrogen (secondary N) is 2. The lowest BCUT2D eigenvalue weighted by Crippen LogP contribution is -2.43. The van der Waals surface area contributed by atoms with Gasteiger partial charge in [0, 0.05) is 17.5 Å². The Hall–Kier alpha value is -1.36. The van der Waals surface area contributed by atoms with Crippen molar-refractivity contribution in [2.45, 2.75) is 46.1 Å². The lowest BCUT2D eigenvalue weighted by atomic mass is 10.1. The van der Waals surface area contributed by atoms with Gasteiger partial charge < -0.3 is 10.6 Å². The molecule has 1 aromatic heterocycles. The topological polar surface area (TPSA) is 66.9 Å². The molecule has 0 radical (unpaired) electrons. The number of aromatic nitrogens is 2. The second-order valence-electron chi connectivity index (χ2n) is 5.74. The van der Waals surface area contributed by atoms with E-state index in [1.54, 1.807) is 6.07 Å². The van der Waals surface area contributed by atoms with Gasteiger partial charge in [0.05, 0.1) is 6.54 Å². The summed E-state index contributed by atoms with van der Waals surface area (Å²) in [5, 5.41) is 6.19. The quantitative estimate of drug-likeness (QED) is 0.834. The molecule has 0 unspecified atom stereocenters. The van der Waals surface area contributed by atoms with Crippen molar-refractivity contribution in [3.63, 3.8) is 0 Å². The zero-order valence-corrected chi connectivity index (χ0v) is 12.8. The Morgan fingerprint density at radius 3 is 2.53 bits per heavy atom. The molecule has 0 fully saturated rings. The number of carbonyl (C=O) groups is 1. The Balaban J connectivity index is 2.65. The number of carbonyl (C=O) groups excluding carboxylic acids is 1. The molecule has 5 nitrogen and oxygen atoms in total. The first kappa shape index (κ1) is 15.7. The van der Waals surface area contributed by atoms with Crippen LogP contribution in [0.5, 0.6) is 0 Å². The standard InChI is InChI=1S/C13H21ClN4O/c1-8(2)12-16-9(14)6-10(17-12)15-7-11(19)18-13(3,4)5/h6,8H,7H2,1-5H3,(H,18,19)(H,15,16,17). The van der Waals surface area contributed by atoms with Gasteiger partial charge in [-0.15, -0.1) is 0 Å². The summed E-state index contributed by atoms with van der Waals surface area (Å²) < 4.78 is 0. The van der Waals surface area contributed by atoms with Crippen molar-refractivity contribution in [2.24, 2.45) is 0 Å². The zero-order valence-electron chi connectivity index (χ0n) is 12.0. The summed E-state index contributed by atoms with van der Waals surface area (Å²) in [6.07, 6.45) is 0. The van der Waals surface area contributed by atoms with Crippen molar-refractivity contribution in [1.29, 1.82) is 0 Å². The molecular formula is C13H21ClN4O. The average molecular weight is 285 g/mol. The molecule has 0 aromatic carbocycles. The van der Waals surface area contributed by atoms with Crippen molar-refractivity contribution >= 4 is 23.3 Å². The Morgan fingerprint density at radius 1 is 1.37 bits per heavy atom. The van der Waals surface area contributed by atoms with E-state index >= 15 is 0 Å². The second kappa shape index (κ2) is 6.19. The summed E-state index contributed by atoms with van der Waals surface area (Å²) in [4.78, 5) is 20.1. The number of hydrogen-bond acceptors (Lipinski definition) is 4. The van der Waals surface area contributed by atoms with Crippen molar-refractivity contribution in [1.82, 2.24) is 15.3 Å². The third-order valence-corrected chi connectivity index (χ3v) is 2.37. The van der Waals surface area contributed by atoms with Crippen LogP contribution < -0.4 is 10.6 Å². The Kier molecular flexibility index (Phi) is 5.11. The molecule has 19 heavy (non-hydrogen) atoms. The van der Waals surface area contributed by atoms with Crippen LogP contribution >= 0.6 is 11.6 Å². The van der Waals surface area contributed by atoms with Crippen LogP contribution in [0, 0.1) is 0 Å². The maximum Gasteiger partial charge on any atom is 0.239 e. The van der Waals surface area contributed by atoms with Crippen LogP contribution in [0.1, 0.15) is 46.4 Å². The van der Waals surface area contributed by atoms with E-state index in [1.165, 1.54) is 0 Å². The molecule has 106 valence electrons. The Labute approximate surface area is 119 Å². The van der Waals surface area contributed by atoms with Crippen LogP contribution in [-0.4, -0.2) is 28.0 Å². The van der Waals surface area contributed by atoms with E-state index in [1.807, 2.05) is 34.6 Å². The molecule has 0 bridgehead atoms. The monoisotopic (exact) mass is 284 g/mol. The average Bonchev–Trinajstić information content (AvgIpc) is 2.23. The first-order chi connectivity index (χ1) is 8.67. The number of halogens is 1. The molecular weight excluding hydrogens is 264 g/mol. The van der Waals surface area contributed by atoms with Gasteiger partial charge in [0.15, 0.2) is 0 Å². The summed E-state index contributed by atoms with van der Waals surface area (Å²) >= 11 is 5.92. The highest BCUT2D eigenvalue weighted by Gasteiger charge is 2.14. The Bertz CT molecular complexity index is 454. The lowest BCUT2D eigenvalue weighted by Gasteiger charge is -2.20. The molecule has 0 aliphatic heterocycles. The predicted octanol–water partition coefficient (Wildman–Crippen LogP) is 2.58. The third-order valence-electron chi connectivity index (χ3n) is 2.17. The number of anilines is 1. The maximum absolute atomic E-state index is 11.7. The number of amides is 1. The summed E-state index contributed by atoms with van der Waals surface area (Å²) in [7, 11) is 0. The predicted molar refractivity (Wildman–Crippen MR) is 77.5 cm³/mol. The van der Waals surface area contributed by atoms with E-state index in [4.69, 9.17) is 11.6 Å². The molecule has 1 aromatic rings. The van der Waals surface area contributed by atoms with Gasteiger partial charge in [-0.2, -0.15) is 0 Å². The molecule has 2 N–H and O–H groups in total. The fraction of sp³-hybridized carbons (Fsp3) is 0.615. The molecule has 1 amide bonds. The highest BCUT2D eigenvalue weighted by atomic mass is 35.5. The SMILES string of the molecule is CC(C)c1nc(Cl)cc(NCC(=O)NC(C)(C)C)n1. The Morgan fingerprint density at radius 2 is 2.00 bits per heavy atom. The highest BCUT2D eigenvalue weighted by Crippen LogP contribution is 2.16. The molecule has 0 saturated heterocycles. The van der Waals surface area contributed by atoms with Gasteiger partial charge in [-0.1, -0.05) is 25.4 Å². The molecule has 1 heterocycles. The normalized spacial score (nSPS) is 11.5. The van der Waals surface area contributed by atoms with Crippen LogP contribution in [0.15, 0.2) is 6.07 Å². The van der Waals surface area contributed by atoms with Crippen LogP contribution in [0.4, 0.5) is 5.82 Å². The molecule has 0 atom stereocenters. The number of nitrogens with zero attached hydrogens (tertiary/aromatic N) is 2. The van der Waals surface area contributed by atoms with Crippen molar-refractivity contribution < 1.29 is 4.79 Å². The fourth-order valence-corrected chi connectivity index (χ4v) is 1.61. The molecule has 0 saturated carbocycles. The van der Waals surface area contributed by atoms with Crippen LogP contribution in [0.25, 0.3) is 0 Å². The largest absolute Gasteiger partial charge is 0.361 e. The molecule has 0 aliphatic carbocycles. The van der Waals surface area contributed by atoms with E-state index in [0.29, 0.717) is 16.8 Å². The number of rotatable bonds is 4. The third kappa shape index (κ3) is 5.87. The smallest absolute Gasteiger partial charge is 0.239 e. The van der Waals surface area contributed by atoms with E-state index in [9.17, 15) is 4.79 Å². The molecule has 6 heteroatoms. The first-order valence-electron chi connectivity index (χ1n) is 6.27. The minimum Gasteiger partial charge on any atom is -0.361 e. The fourth-order valence-electron chi connectivity index (χ4n) is 1.42. The maximum atomic E-state index is 11.7. The van der Waals surface area contributed by atoms with Gasteiger partial charge in [0.25, 0.3) is 0 Å². The molecule has 0 spiro atoms. The summed E-state index contributed by atoms with van der Waals surface area (Å²) in [5.41, 5.74) is -0.245. The van der Waals surface area contributed by atoms with Gasteiger partial charge in [-0.25, -0.2) is 9.97 Å². The van der Waals surface area contributed by atoms with E-state index < -0.39 is 0 Å². The lowest BCUT2D eigenvalue weighted by molar-refractivity contribution is -0.120. The van der Waals surface area contributed by atoms with Crippen molar-refractivity contribution in [3.8, 4) is 0 Å². The molecule has 0 aliphatic rings. The van der Waals surface area contributed by atoms with Crippen LogP contribution in [0.3, 0.4) is 0 Å². The van der Waals surface area contributed by atoms with E-state index in [-0.39, 0.29) is 23.9 Å². The summed E-state index contributed by atoms with van der Waals surface area (Å²) in [6.45, 7) is 9.93. The number of hydrogen-bond donors (Lipinski definition) is 2. The highest BCUT2D eigenvalue weighted by molar-refractivity contribution is 6.29. The zero-order chi connectivity index (χ0) is 14.6. The summed E-state index contributed by atoms with van der Waals surface area (Å²) in [5.74, 6) is 1.31. The van der Waals surface area contributed by atoms with Gasteiger partial charge >= 0.3 is 0 Å². The molecule has 1 rings (SSSR count). The van der Waals surface area contributed by atoms with Crippen molar-refractivity contribution in [2.75, 3.05) is 11.9 Å². The van der Waals surface area contributed by atoms with Gasteiger partial charge in [-0.3, -0.25) is 4.79 Å². The van der Waals surface area contributed by atoms with E-state index in [0.717, 1.165) is 0 Å². The van der Waals surface area contributed by atoms with Gasteiger partial charge in [-0.05, 0) is 20.8 Å². The van der Waals surface area contributed by atoms with Gasteiger partial charge in [0.2, 0.25) is 5.91 Å². The first-order valence-corrected chi connectivity index (χ1v) is 6.64. The van der Waals surface area contributed by atoms with Gasteiger partial charge in [0.1, 0.15) is 16.8 Å². The van der Waals surface area contributed by atoms with Crippen LogP contribution in [0.2, 0.25) is 5.15 Å². The summed E-state index contributed by atoms with van der Waals surface area (Å²) in [6, 6.07) is 1.61. The van der Waals surface area contributed by atoms with E-state index in [2.05, 4.69) is 20.6 Å².